The molecule has 1 atom stereocenters. The maximum absolute atomic E-state index is 6.38. The Labute approximate surface area is 92.3 Å². The van der Waals surface area contributed by atoms with Crippen LogP contribution in [0.25, 0.3) is 0 Å². The third-order valence-corrected chi connectivity index (χ3v) is 3.08. The lowest BCUT2D eigenvalue weighted by molar-refractivity contribution is 0.574. The van der Waals surface area contributed by atoms with Gasteiger partial charge in [-0.1, -0.05) is 32.0 Å². The van der Waals surface area contributed by atoms with Crippen molar-refractivity contribution in [3.05, 3.63) is 34.9 Å². The van der Waals surface area contributed by atoms with E-state index in [4.69, 9.17) is 11.6 Å². The zero-order valence-corrected chi connectivity index (χ0v) is 10.2. The number of alkyl halides is 1. The second kappa shape index (κ2) is 4.84. The fourth-order valence-corrected chi connectivity index (χ4v) is 2.25. The Hall–Kier alpha value is -0.490. The monoisotopic (exact) mass is 210 g/mol. The summed E-state index contributed by atoms with van der Waals surface area (Å²) in [6, 6.07) is 6.37. The lowest BCUT2D eigenvalue weighted by atomic mass is 9.96. The maximum atomic E-state index is 6.38. The van der Waals surface area contributed by atoms with Crippen molar-refractivity contribution >= 4 is 11.6 Å². The summed E-state index contributed by atoms with van der Waals surface area (Å²) in [6.45, 7) is 8.71. The molecule has 0 aliphatic rings. The van der Waals surface area contributed by atoms with E-state index in [9.17, 15) is 0 Å². The zero-order chi connectivity index (χ0) is 10.7. The summed E-state index contributed by atoms with van der Waals surface area (Å²) in [5.74, 6) is 0.650. The van der Waals surface area contributed by atoms with Gasteiger partial charge >= 0.3 is 0 Å². The molecule has 1 heteroatoms. The average molecular weight is 211 g/mol. The van der Waals surface area contributed by atoms with Crippen LogP contribution in [0.1, 0.15) is 42.3 Å². The first-order valence-corrected chi connectivity index (χ1v) is 5.66. The van der Waals surface area contributed by atoms with E-state index in [1.165, 1.54) is 16.7 Å². The van der Waals surface area contributed by atoms with Crippen molar-refractivity contribution in [3.8, 4) is 0 Å². The van der Waals surface area contributed by atoms with Gasteiger partial charge in [-0.3, -0.25) is 0 Å². The molecule has 0 radical (unpaired) electrons. The first-order chi connectivity index (χ1) is 6.52. The van der Waals surface area contributed by atoms with Crippen LogP contribution in [-0.2, 0) is 0 Å². The summed E-state index contributed by atoms with van der Waals surface area (Å²) in [7, 11) is 0. The van der Waals surface area contributed by atoms with Crippen LogP contribution in [0, 0.1) is 19.8 Å². The predicted molar refractivity (Wildman–Crippen MR) is 64.0 cm³/mol. The van der Waals surface area contributed by atoms with Gasteiger partial charge in [0.1, 0.15) is 0 Å². The number of benzene rings is 1. The normalized spacial score (nSPS) is 13.3. The van der Waals surface area contributed by atoms with E-state index in [-0.39, 0.29) is 5.38 Å². The second-order valence-electron chi connectivity index (χ2n) is 4.39. The van der Waals surface area contributed by atoms with Gasteiger partial charge in [0.05, 0.1) is 5.38 Å². The van der Waals surface area contributed by atoms with Crippen LogP contribution < -0.4 is 0 Å². The van der Waals surface area contributed by atoms with Gasteiger partial charge in [-0.15, -0.1) is 11.6 Å². The lowest BCUT2D eigenvalue weighted by Gasteiger charge is -2.16. The van der Waals surface area contributed by atoms with E-state index in [2.05, 4.69) is 45.9 Å². The Bertz CT molecular complexity index is 302. The lowest BCUT2D eigenvalue weighted by Crippen LogP contribution is -1.99. The number of halogens is 1. The van der Waals surface area contributed by atoms with Crippen LogP contribution in [-0.4, -0.2) is 0 Å². The third-order valence-electron chi connectivity index (χ3n) is 2.66. The molecule has 78 valence electrons. The van der Waals surface area contributed by atoms with Crippen molar-refractivity contribution in [2.24, 2.45) is 5.92 Å². The van der Waals surface area contributed by atoms with E-state index in [1.54, 1.807) is 0 Å². The summed E-state index contributed by atoms with van der Waals surface area (Å²) in [4.78, 5) is 0. The maximum Gasteiger partial charge on any atom is 0.0590 e. The molecule has 0 saturated heterocycles. The molecule has 0 amide bonds. The van der Waals surface area contributed by atoms with Gasteiger partial charge in [-0.05, 0) is 42.9 Å². The van der Waals surface area contributed by atoms with E-state index < -0.39 is 0 Å². The molecule has 0 saturated carbocycles. The van der Waals surface area contributed by atoms with E-state index in [1.807, 2.05) is 0 Å². The third kappa shape index (κ3) is 2.75. The van der Waals surface area contributed by atoms with E-state index >= 15 is 0 Å². The number of aryl methyl sites for hydroxylation is 1. The number of rotatable bonds is 3. The quantitative estimate of drug-likeness (QED) is 0.639. The SMILES string of the molecule is Cc1cccc(C(Cl)CC(C)C)c1C. The first kappa shape index (κ1) is 11.6. The van der Waals surface area contributed by atoms with Gasteiger partial charge in [0, 0.05) is 0 Å². The largest absolute Gasteiger partial charge is 0.118 e. The molecule has 1 aromatic rings. The van der Waals surface area contributed by atoms with Crippen LogP contribution in [0.2, 0.25) is 0 Å². The number of hydrogen-bond donors (Lipinski definition) is 0. The summed E-state index contributed by atoms with van der Waals surface area (Å²) in [5, 5.41) is 0.162. The Morgan fingerprint density at radius 3 is 2.43 bits per heavy atom. The minimum Gasteiger partial charge on any atom is -0.118 e. The molecule has 0 aromatic heterocycles. The molecular weight excluding hydrogens is 192 g/mol. The van der Waals surface area contributed by atoms with Gasteiger partial charge < -0.3 is 0 Å². The Kier molecular flexibility index (Phi) is 4.00. The molecule has 0 spiro atoms. The fraction of sp³-hybridized carbons (Fsp3) is 0.538. The minimum absolute atomic E-state index is 0.162. The summed E-state index contributed by atoms with van der Waals surface area (Å²) >= 11 is 6.38. The molecule has 1 unspecified atom stereocenters. The molecule has 0 N–H and O–H groups in total. The van der Waals surface area contributed by atoms with E-state index in [0.717, 1.165) is 6.42 Å². The van der Waals surface area contributed by atoms with Crippen LogP contribution in [0.5, 0.6) is 0 Å². The van der Waals surface area contributed by atoms with Crippen molar-refractivity contribution in [1.82, 2.24) is 0 Å². The Balaban J connectivity index is 2.89. The predicted octanol–water partition coefficient (Wildman–Crippen LogP) is 4.63. The molecule has 0 fully saturated rings. The molecular formula is C13H19Cl. The summed E-state index contributed by atoms with van der Waals surface area (Å²) in [5.41, 5.74) is 3.96. The van der Waals surface area contributed by atoms with Gasteiger partial charge in [-0.25, -0.2) is 0 Å². The minimum atomic E-state index is 0.162. The number of hydrogen-bond acceptors (Lipinski definition) is 0. The van der Waals surface area contributed by atoms with Crippen LogP contribution in [0.15, 0.2) is 18.2 Å². The molecule has 0 bridgehead atoms. The van der Waals surface area contributed by atoms with Gasteiger partial charge in [-0.2, -0.15) is 0 Å². The van der Waals surface area contributed by atoms with Crippen LogP contribution in [0.3, 0.4) is 0 Å². The highest BCUT2D eigenvalue weighted by Crippen LogP contribution is 2.30. The molecule has 1 aromatic carbocycles. The molecule has 1 rings (SSSR count). The van der Waals surface area contributed by atoms with E-state index in [0.29, 0.717) is 5.92 Å². The Morgan fingerprint density at radius 1 is 1.21 bits per heavy atom. The molecule has 0 heterocycles. The summed E-state index contributed by atoms with van der Waals surface area (Å²) < 4.78 is 0. The highest BCUT2D eigenvalue weighted by atomic mass is 35.5. The van der Waals surface area contributed by atoms with Crippen molar-refractivity contribution < 1.29 is 0 Å². The second-order valence-corrected chi connectivity index (χ2v) is 4.91. The summed E-state index contributed by atoms with van der Waals surface area (Å²) in [6.07, 6.45) is 1.05. The van der Waals surface area contributed by atoms with Crippen molar-refractivity contribution in [2.45, 2.75) is 39.5 Å². The molecule has 0 aliphatic carbocycles. The fourth-order valence-electron chi connectivity index (χ4n) is 1.65. The highest BCUT2D eigenvalue weighted by Gasteiger charge is 2.12. The van der Waals surface area contributed by atoms with Crippen molar-refractivity contribution in [3.63, 3.8) is 0 Å². The Morgan fingerprint density at radius 2 is 1.86 bits per heavy atom. The first-order valence-electron chi connectivity index (χ1n) is 5.22. The standard InChI is InChI=1S/C13H19Cl/c1-9(2)8-13(14)12-7-5-6-10(3)11(12)4/h5-7,9,13H,8H2,1-4H3. The smallest absolute Gasteiger partial charge is 0.0590 e. The van der Waals surface area contributed by atoms with Gasteiger partial charge in [0.25, 0.3) is 0 Å². The molecule has 14 heavy (non-hydrogen) atoms. The van der Waals surface area contributed by atoms with Crippen LogP contribution in [0.4, 0.5) is 0 Å². The van der Waals surface area contributed by atoms with Crippen molar-refractivity contribution in [2.75, 3.05) is 0 Å². The van der Waals surface area contributed by atoms with Crippen LogP contribution >= 0.6 is 11.6 Å². The average Bonchev–Trinajstić information content (AvgIpc) is 2.08. The molecule has 0 nitrogen and oxygen atoms in total. The highest BCUT2D eigenvalue weighted by molar-refractivity contribution is 6.20. The topological polar surface area (TPSA) is 0 Å². The molecule has 0 aliphatic heterocycles. The van der Waals surface area contributed by atoms with Gasteiger partial charge in [0.2, 0.25) is 0 Å². The van der Waals surface area contributed by atoms with Gasteiger partial charge in [0.15, 0.2) is 0 Å². The zero-order valence-electron chi connectivity index (χ0n) is 9.47. The van der Waals surface area contributed by atoms with Crippen molar-refractivity contribution in [1.29, 1.82) is 0 Å².